The minimum absolute atomic E-state index is 0.124. The van der Waals surface area contributed by atoms with Gasteiger partial charge in [-0.05, 0) is 23.8 Å². The van der Waals surface area contributed by atoms with Crippen LogP contribution in [-0.4, -0.2) is 134 Å². The number of aromatic hydroxyl groups is 2. The molecule has 4 rings (SSSR count). The van der Waals surface area contributed by atoms with Crippen molar-refractivity contribution in [2.24, 2.45) is 0 Å². The Morgan fingerprint density at radius 3 is 2.09 bits per heavy atom. The Labute approximate surface area is 250 Å². The van der Waals surface area contributed by atoms with E-state index >= 15 is 0 Å². The Balaban J connectivity index is 1.46. The second-order valence-corrected chi connectivity index (χ2v) is 9.98. The molecular formula is C28H34O16. The van der Waals surface area contributed by atoms with Crippen LogP contribution in [-0.2, 0) is 14.2 Å². The Bertz CT molecular complexity index is 1330. The van der Waals surface area contributed by atoms with Gasteiger partial charge in [0.2, 0.25) is 6.29 Å². The minimum Gasteiger partial charge on any atom is -0.507 e. The molecule has 0 amide bonds. The molecule has 16 heteroatoms. The van der Waals surface area contributed by atoms with Crippen LogP contribution in [0.25, 0.3) is 6.08 Å². The number of phenolic OH excluding ortho intramolecular Hbond substituents is 2. The molecule has 242 valence electrons. The Morgan fingerprint density at radius 1 is 0.773 bits per heavy atom. The van der Waals surface area contributed by atoms with Gasteiger partial charge in [-0.15, -0.1) is 0 Å². The van der Waals surface area contributed by atoms with Crippen LogP contribution in [0.2, 0.25) is 0 Å². The van der Waals surface area contributed by atoms with Gasteiger partial charge in [-0.2, -0.15) is 0 Å². The predicted octanol–water partition coefficient (Wildman–Crippen LogP) is -2.03. The van der Waals surface area contributed by atoms with Crippen LogP contribution in [0, 0.1) is 0 Å². The predicted molar refractivity (Wildman–Crippen MR) is 145 cm³/mol. The number of hydrogen-bond acceptors (Lipinski definition) is 16. The van der Waals surface area contributed by atoms with Gasteiger partial charge in [0.15, 0.2) is 29.9 Å². The van der Waals surface area contributed by atoms with Gasteiger partial charge in [-0.25, -0.2) is 0 Å². The fourth-order valence-corrected chi connectivity index (χ4v) is 4.56. The third-order valence-electron chi connectivity index (χ3n) is 7.04. The first-order chi connectivity index (χ1) is 20.9. The zero-order valence-corrected chi connectivity index (χ0v) is 23.4. The van der Waals surface area contributed by atoms with Crippen molar-refractivity contribution in [2.45, 2.75) is 61.6 Å². The van der Waals surface area contributed by atoms with Crippen molar-refractivity contribution in [3.8, 4) is 28.7 Å². The van der Waals surface area contributed by atoms with Crippen molar-refractivity contribution in [3.05, 3.63) is 47.5 Å². The lowest BCUT2D eigenvalue weighted by atomic mass is 9.99. The average Bonchev–Trinajstić information content (AvgIpc) is 3.00. The van der Waals surface area contributed by atoms with Crippen molar-refractivity contribution in [1.82, 2.24) is 0 Å². The fraction of sp³-hybridized carbons (Fsp3) is 0.464. The van der Waals surface area contributed by atoms with Gasteiger partial charge in [-0.1, -0.05) is 12.1 Å². The first-order valence-corrected chi connectivity index (χ1v) is 13.2. The van der Waals surface area contributed by atoms with Crippen LogP contribution in [0.5, 0.6) is 28.7 Å². The van der Waals surface area contributed by atoms with E-state index in [0.29, 0.717) is 5.56 Å². The molecule has 0 unspecified atom stereocenters. The SMILES string of the molecule is COc1ccc(/C=C/C(=O)c2c(O)cc(O[C@@H]3O[C@H](CO[C@@H]4O[C@@H](O)[C@H](O)[C@@H](O)[C@H]4O)[C@@H](O)[C@H](O)[C@H]3O)cc2OC)cc1O. The first-order valence-electron chi connectivity index (χ1n) is 13.2. The molecular weight excluding hydrogens is 592 g/mol. The molecule has 2 aliphatic rings. The highest BCUT2D eigenvalue weighted by molar-refractivity contribution is 6.10. The Hall–Kier alpha value is -3.55. The molecule has 2 fully saturated rings. The van der Waals surface area contributed by atoms with Crippen LogP contribution < -0.4 is 14.2 Å². The lowest BCUT2D eigenvalue weighted by Gasteiger charge is -2.42. The van der Waals surface area contributed by atoms with Crippen molar-refractivity contribution in [3.63, 3.8) is 0 Å². The molecule has 0 radical (unpaired) electrons. The number of rotatable bonds is 10. The highest BCUT2D eigenvalue weighted by atomic mass is 16.8. The third kappa shape index (κ3) is 7.05. The molecule has 0 saturated carbocycles. The summed E-state index contributed by atoms with van der Waals surface area (Å²) in [5, 5.41) is 91.0. The van der Waals surface area contributed by atoms with Crippen LogP contribution in [0.15, 0.2) is 36.4 Å². The maximum Gasteiger partial charge on any atom is 0.229 e. The van der Waals surface area contributed by atoms with Crippen molar-refractivity contribution >= 4 is 11.9 Å². The Kier molecular flexibility index (Phi) is 10.6. The zero-order valence-electron chi connectivity index (χ0n) is 23.4. The normalized spacial score (nSPS) is 32.4. The van der Waals surface area contributed by atoms with E-state index in [1.807, 2.05) is 0 Å². The van der Waals surface area contributed by atoms with E-state index in [4.69, 9.17) is 28.4 Å². The summed E-state index contributed by atoms with van der Waals surface area (Å²) in [4.78, 5) is 12.9. The van der Waals surface area contributed by atoms with E-state index in [1.165, 1.54) is 38.5 Å². The second kappa shape index (κ2) is 14.0. The number of aliphatic hydroxyl groups is 7. The molecule has 44 heavy (non-hydrogen) atoms. The summed E-state index contributed by atoms with van der Waals surface area (Å²) in [6, 6.07) is 6.71. The largest absolute Gasteiger partial charge is 0.507 e. The number of benzene rings is 2. The quantitative estimate of drug-likeness (QED) is 0.102. The van der Waals surface area contributed by atoms with Gasteiger partial charge < -0.3 is 74.4 Å². The average molecular weight is 627 g/mol. The lowest BCUT2D eigenvalue weighted by molar-refractivity contribution is -0.350. The van der Waals surface area contributed by atoms with E-state index in [-0.39, 0.29) is 28.6 Å². The van der Waals surface area contributed by atoms with Crippen molar-refractivity contribution < 1.29 is 79.2 Å². The highest BCUT2D eigenvalue weighted by Crippen LogP contribution is 2.36. The van der Waals surface area contributed by atoms with E-state index in [0.717, 1.165) is 12.1 Å². The number of carbonyl (C=O) groups is 1. The molecule has 0 aliphatic carbocycles. The Morgan fingerprint density at radius 2 is 1.43 bits per heavy atom. The maximum absolute atomic E-state index is 12.9. The number of ether oxygens (including phenoxy) is 6. The van der Waals surface area contributed by atoms with Crippen LogP contribution in [0.3, 0.4) is 0 Å². The van der Waals surface area contributed by atoms with Crippen molar-refractivity contribution in [1.29, 1.82) is 0 Å². The van der Waals surface area contributed by atoms with Crippen LogP contribution in [0.4, 0.5) is 0 Å². The highest BCUT2D eigenvalue weighted by Gasteiger charge is 2.47. The molecule has 9 N–H and O–H groups in total. The number of ketones is 1. The minimum atomic E-state index is -1.89. The molecule has 2 aromatic carbocycles. The van der Waals surface area contributed by atoms with E-state index in [1.54, 1.807) is 6.07 Å². The molecule has 0 bridgehead atoms. The summed E-state index contributed by atoms with van der Waals surface area (Å²) in [7, 11) is 2.62. The van der Waals surface area contributed by atoms with Gasteiger partial charge in [-0.3, -0.25) is 4.79 Å². The topological polar surface area (TPSA) is 255 Å². The van der Waals surface area contributed by atoms with Crippen LogP contribution in [0.1, 0.15) is 15.9 Å². The van der Waals surface area contributed by atoms with Gasteiger partial charge in [0.1, 0.15) is 65.5 Å². The summed E-state index contributed by atoms with van der Waals surface area (Å²) in [6.07, 6.45) is -14.8. The van der Waals surface area contributed by atoms with E-state index < -0.39 is 79.7 Å². The maximum atomic E-state index is 12.9. The van der Waals surface area contributed by atoms with E-state index in [9.17, 15) is 50.8 Å². The number of allylic oxidation sites excluding steroid dienone is 1. The number of carbonyl (C=O) groups excluding carboxylic acids is 1. The second-order valence-electron chi connectivity index (χ2n) is 9.98. The standard InChI is InChI=1S/C28H34O16/c1-39-16-6-4-11(7-14(16)30)3-5-13(29)19-15(31)8-12(9-17(19)40-2)42-28-25(37)21(33)20(32)18(43-28)10-41-27-24(36)22(34)23(35)26(38)44-27/h3-9,18,20-28,30-38H,10H2,1-2H3/b5-3+/t18-,20-,21+,22-,23-,24-,25-,26-,27-,28-/m1/s1. The van der Waals surface area contributed by atoms with Gasteiger partial charge in [0.25, 0.3) is 0 Å². The number of hydrogen-bond donors (Lipinski definition) is 9. The number of methoxy groups -OCH3 is 2. The first kappa shape index (κ1) is 33.3. The lowest BCUT2D eigenvalue weighted by Crippen LogP contribution is -2.61. The summed E-state index contributed by atoms with van der Waals surface area (Å²) in [5.41, 5.74) is 0.230. The third-order valence-corrected chi connectivity index (χ3v) is 7.04. The molecule has 16 nitrogen and oxygen atoms in total. The van der Waals surface area contributed by atoms with Crippen molar-refractivity contribution in [2.75, 3.05) is 20.8 Å². The summed E-state index contributed by atoms with van der Waals surface area (Å²) < 4.78 is 31.6. The molecule has 10 atom stereocenters. The molecule has 0 aromatic heterocycles. The van der Waals surface area contributed by atoms with E-state index in [2.05, 4.69) is 0 Å². The summed E-state index contributed by atoms with van der Waals surface area (Å²) >= 11 is 0. The molecule has 0 spiro atoms. The molecule has 2 heterocycles. The van der Waals surface area contributed by atoms with Gasteiger partial charge >= 0.3 is 0 Å². The summed E-state index contributed by atoms with van der Waals surface area (Å²) in [5.74, 6) is -1.42. The molecule has 2 aliphatic heterocycles. The number of aliphatic hydroxyl groups excluding tert-OH is 7. The summed E-state index contributed by atoms with van der Waals surface area (Å²) in [6.45, 7) is -0.609. The monoisotopic (exact) mass is 626 g/mol. The van der Waals surface area contributed by atoms with Gasteiger partial charge in [0, 0.05) is 12.1 Å². The molecule has 2 aromatic rings. The fourth-order valence-electron chi connectivity index (χ4n) is 4.56. The molecule has 2 saturated heterocycles. The smallest absolute Gasteiger partial charge is 0.229 e. The van der Waals surface area contributed by atoms with Crippen LogP contribution >= 0.6 is 0 Å². The van der Waals surface area contributed by atoms with Gasteiger partial charge in [0.05, 0.1) is 20.8 Å². The zero-order chi connectivity index (χ0) is 32.3. The number of phenols is 2.